The van der Waals surface area contributed by atoms with E-state index in [1.807, 2.05) is 19.1 Å². The van der Waals surface area contributed by atoms with E-state index in [0.29, 0.717) is 24.5 Å². The highest BCUT2D eigenvalue weighted by molar-refractivity contribution is 5.96. The Morgan fingerprint density at radius 1 is 1.44 bits per heavy atom. The van der Waals surface area contributed by atoms with Crippen LogP contribution in [0.1, 0.15) is 23.0 Å². The van der Waals surface area contributed by atoms with Crippen LogP contribution < -0.4 is 5.73 Å². The number of nitrogens with one attached hydrogen (secondary N) is 1. The van der Waals surface area contributed by atoms with Crippen LogP contribution in [-0.4, -0.2) is 32.5 Å². The zero-order valence-electron chi connectivity index (χ0n) is 10.1. The molecule has 0 atom stereocenters. The van der Waals surface area contributed by atoms with E-state index in [0.717, 1.165) is 5.56 Å². The fourth-order valence-corrected chi connectivity index (χ4v) is 1.66. The number of hydrogen-bond donors (Lipinski definition) is 2. The van der Waals surface area contributed by atoms with Crippen molar-refractivity contribution < 1.29 is 4.79 Å². The number of nitrogens with two attached hydrogens (primary N) is 1. The van der Waals surface area contributed by atoms with Crippen molar-refractivity contribution in [1.82, 2.24) is 20.1 Å². The number of hydrogen-bond acceptors (Lipinski definition) is 4. The van der Waals surface area contributed by atoms with Crippen LogP contribution in [0.15, 0.2) is 30.7 Å². The molecule has 1 amide bonds. The zero-order valence-corrected chi connectivity index (χ0v) is 10.1. The fourth-order valence-electron chi connectivity index (χ4n) is 1.66. The third-order valence-corrected chi connectivity index (χ3v) is 2.67. The predicted molar refractivity (Wildman–Crippen MR) is 67.7 cm³/mol. The van der Waals surface area contributed by atoms with Crippen LogP contribution in [0.25, 0.3) is 0 Å². The Kier molecular flexibility index (Phi) is 3.57. The molecule has 2 rings (SSSR count). The van der Waals surface area contributed by atoms with Crippen molar-refractivity contribution in [3.05, 3.63) is 42.0 Å². The molecule has 0 aliphatic rings. The van der Waals surface area contributed by atoms with Gasteiger partial charge in [0.1, 0.15) is 5.69 Å². The number of aromatic nitrogens is 3. The lowest BCUT2D eigenvalue weighted by Crippen LogP contribution is -2.31. The van der Waals surface area contributed by atoms with Crippen LogP contribution in [0.2, 0.25) is 0 Å². The van der Waals surface area contributed by atoms with Crippen molar-refractivity contribution in [2.75, 3.05) is 12.3 Å². The lowest BCUT2D eigenvalue weighted by atomic mass is 10.2. The first-order valence-electron chi connectivity index (χ1n) is 5.69. The number of rotatable bonds is 4. The molecular weight excluding hydrogens is 230 g/mol. The first-order chi connectivity index (χ1) is 8.72. The lowest BCUT2D eigenvalue weighted by molar-refractivity contribution is 0.0747. The number of carbonyl (C=O) groups excluding carboxylic acids is 1. The van der Waals surface area contributed by atoms with Crippen LogP contribution in [0.3, 0.4) is 0 Å². The standard InChI is InChI=1S/C12H15N5O/c1-2-17(8-9-3-5-14-6-4-9)12(18)11-10(13)7-15-16-11/h3-7H,2,8,13H2,1H3,(H,15,16). The van der Waals surface area contributed by atoms with Gasteiger partial charge in [0.2, 0.25) is 0 Å². The summed E-state index contributed by atoms with van der Waals surface area (Å²) in [5.74, 6) is -0.149. The van der Waals surface area contributed by atoms with Gasteiger partial charge in [-0.15, -0.1) is 0 Å². The monoisotopic (exact) mass is 245 g/mol. The summed E-state index contributed by atoms with van der Waals surface area (Å²) in [6, 6.07) is 3.76. The summed E-state index contributed by atoms with van der Waals surface area (Å²) in [5.41, 5.74) is 7.41. The summed E-state index contributed by atoms with van der Waals surface area (Å²) < 4.78 is 0. The van der Waals surface area contributed by atoms with Crippen LogP contribution >= 0.6 is 0 Å². The Morgan fingerprint density at radius 2 is 2.17 bits per heavy atom. The van der Waals surface area contributed by atoms with Crippen LogP contribution in [0.4, 0.5) is 5.69 Å². The minimum absolute atomic E-state index is 0.149. The van der Waals surface area contributed by atoms with Crippen molar-refractivity contribution in [3.63, 3.8) is 0 Å². The number of aromatic amines is 1. The average molecular weight is 245 g/mol. The quantitative estimate of drug-likeness (QED) is 0.842. The van der Waals surface area contributed by atoms with Gasteiger partial charge in [0.25, 0.3) is 5.91 Å². The third-order valence-electron chi connectivity index (χ3n) is 2.67. The van der Waals surface area contributed by atoms with Gasteiger partial charge in [0, 0.05) is 25.5 Å². The van der Waals surface area contributed by atoms with E-state index < -0.39 is 0 Å². The molecule has 0 fully saturated rings. The molecule has 94 valence electrons. The van der Waals surface area contributed by atoms with Gasteiger partial charge in [-0.3, -0.25) is 14.9 Å². The van der Waals surface area contributed by atoms with E-state index in [1.165, 1.54) is 6.20 Å². The van der Waals surface area contributed by atoms with Crippen molar-refractivity contribution in [3.8, 4) is 0 Å². The van der Waals surface area contributed by atoms with Gasteiger partial charge in [0.05, 0.1) is 11.9 Å². The maximum Gasteiger partial charge on any atom is 0.274 e. The molecule has 0 spiro atoms. The summed E-state index contributed by atoms with van der Waals surface area (Å²) in [6.45, 7) is 3.04. The number of nitrogen functional groups attached to an aromatic ring is 1. The Balaban J connectivity index is 2.15. The summed E-state index contributed by atoms with van der Waals surface area (Å²) in [5, 5.41) is 6.39. The Labute approximate surface area is 105 Å². The van der Waals surface area contributed by atoms with E-state index in [9.17, 15) is 4.79 Å². The topological polar surface area (TPSA) is 87.9 Å². The lowest BCUT2D eigenvalue weighted by Gasteiger charge is -2.20. The van der Waals surface area contributed by atoms with E-state index in [-0.39, 0.29) is 5.91 Å². The van der Waals surface area contributed by atoms with E-state index in [4.69, 9.17) is 5.73 Å². The molecule has 0 saturated carbocycles. The number of pyridine rings is 1. The Bertz CT molecular complexity index is 522. The summed E-state index contributed by atoms with van der Waals surface area (Å²) in [4.78, 5) is 17.9. The van der Waals surface area contributed by atoms with Crippen molar-refractivity contribution >= 4 is 11.6 Å². The number of amides is 1. The van der Waals surface area contributed by atoms with Gasteiger partial charge in [-0.2, -0.15) is 5.10 Å². The second kappa shape index (κ2) is 5.31. The summed E-state index contributed by atoms with van der Waals surface area (Å²) >= 11 is 0. The Morgan fingerprint density at radius 3 is 2.72 bits per heavy atom. The minimum Gasteiger partial charge on any atom is -0.396 e. The van der Waals surface area contributed by atoms with Gasteiger partial charge in [0.15, 0.2) is 0 Å². The molecule has 0 aliphatic carbocycles. The zero-order chi connectivity index (χ0) is 13.0. The highest BCUT2D eigenvalue weighted by Crippen LogP contribution is 2.12. The number of H-pyrrole nitrogens is 1. The van der Waals surface area contributed by atoms with Crippen LogP contribution in [0.5, 0.6) is 0 Å². The molecule has 0 aliphatic heterocycles. The highest BCUT2D eigenvalue weighted by atomic mass is 16.2. The van der Waals surface area contributed by atoms with E-state index in [1.54, 1.807) is 17.3 Å². The molecule has 0 bridgehead atoms. The second-order valence-corrected chi connectivity index (χ2v) is 3.88. The van der Waals surface area contributed by atoms with Gasteiger partial charge >= 0.3 is 0 Å². The maximum absolute atomic E-state index is 12.2. The summed E-state index contributed by atoms with van der Waals surface area (Å²) in [7, 11) is 0. The summed E-state index contributed by atoms with van der Waals surface area (Å²) in [6.07, 6.45) is 4.85. The molecule has 18 heavy (non-hydrogen) atoms. The normalized spacial score (nSPS) is 10.3. The molecule has 0 radical (unpaired) electrons. The van der Waals surface area contributed by atoms with Crippen LogP contribution in [-0.2, 0) is 6.54 Å². The van der Waals surface area contributed by atoms with E-state index in [2.05, 4.69) is 15.2 Å². The molecule has 0 aromatic carbocycles. The first-order valence-corrected chi connectivity index (χ1v) is 5.69. The first kappa shape index (κ1) is 12.1. The number of anilines is 1. The molecule has 6 nitrogen and oxygen atoms in total. The molecule has 2 aromatic heterocycles. The van der Waals surface area contributed by atoms with Crippen LogP contribution in [0, 0.1) is 0 Å². The molecule has 0 saturated heterocycles. The molecule has 0 unspecified atom stereocenters. The maximum atomic E-state index is 12.2. The van der Waals surface area contributed by atoms with Gasteiger partial charge in [-0.05, 0) is 24.6 Å². The number of carbonyl (C=O) groups is 1. The predicted octanol–water partition coefficient (Wildman–Crippen LogP) is 1.05. The molecular formula is C12H15N5O. The minimum atomic E-state index is -0.149. The molecule has 2 heterocycles. The Hall–Kier alpha value is -2.37. The fraction of sp³-hybridized carbons (Fsp3) is 0.250. The smallest absolute Gasteiger partial charge is 0.274 e. The number of nitrogens with zero attached hydrogens (tertiary/aromatic N) is 3. The van der Waals surface area contributed by atoms with Crippen molar-refractivity contribution in [2.45, 2.75) is 13.5 Å². The highest BCUT2D eigenvalue weighted by Gasteiger charge is 2.18. The largest absolute Gasteiger partial charge is 0.396 e. The molecule has 2 aromatic rings. The van der Waals surface area contributed by atoms with Gasteiger partial charge in [-0.25, -0.2) is 0 Å². The van der Waals surface area contributed by atoms with Gasteiger partial charge < -0.3 is 10.6 Å². The SMILES string of the molecule is CCN(Cc1ccncc1)C(=O)c1[nH]ncc1N. The second-order valence-electron chi connectivity index (χ2n) is 3.88. The average Bonchev–Trinajstić information content (AvgIpc) is 2.82. The molecule has 6 heteroatoms. The molecule has 3 N–H and O–H groups in total. The third kappa shape index (κ3) is 2.48. The van der Waals surface area contributed by atoms with Crippen molar-refractivity contribution in [1.29, 1.82) is 0 Å². The van der Waals surface area contributed by atoms with Crippen molar-refractivity contribution in [2.24, 2.45) is 0 Å². The van der Waals surface area contributed by atoms with Gasteiger partial charge in [-0.1, -0.05) is 0 Å². The van der Waals surface area contributed by atoms with E-state index >= 15 is 0 Å².